The first-order valence-electron chi connectivity index (χ1n) is 4.29. The molecule has 0 heterocycles. The normalized spacial score (nSPS) is 10.2. The molecule has 0 saturated heterocycles. The Balaban J connectivity index is 3.18. The number of carbonyl (C=O) groups is 1. The SMILES string of the molecule is Cc1ccc(Cl)c(C(=O)CCN)c1O. The monoisotopic (exact) mass is 213 g/mol. The van der Waals surface area contributed by atoms with Crippen molar-refractivity contribution in [1.29, 1.82) is 0 Å². The van der Waals surface area contributed by atoms with Crippen molar-refractivity contribution in [2.45, 2.75) is 13.3 Å². The lowest BCUT2D eigenvalue weighted by atomic mass is 10.0. The van der Waals surface area contributed by atoms with E-state index >= 15 is 0 Å². The standard InChI is InChI=1S/C10H12ClNO2/c1-6-2-3-7(11)9(10(6)14)8(13)4-5-12/h2-3,14H,4-5,12H2,1H3. The van der Waals surface area contributed by atoms with E-state index in [4.69, 9.17) is 17.3 Å². The molecule has 0 saturated carbocycles. The van der Waals surface area contributed by atoms with Crippen LogP contribution in [0.3, 0.4) is 0 Å². The molecule has 0 aliphatic rings. The van der Waals surface area contributed by atoms with Gasteiger partial charge < -0.3 is 10.8 Å². The molecule has 0 atom stereocenters. The second-order valence-corrected chi connectivity index (χ2v) is 3.46. The number of aromatic hydroxyl groups is 1. The molecule has 1 rings (SSSR count). The summed E-state index contributed by atoms with van der Waals surface area (Å²) in [6.45, 7) is 1.97. The summed E-state index contributed by atoms with van der Waals surface area (Å²) >= 11 is 5.81. The molecule has 76 valence electrons. The number of nitrogens with two attached hydrogens (primary N) is 1. The van der Waals surface area contributed by atoms with Gasteiger partial charge in [0, 0.05) is 6.42 Å². The lowest BCUT2D eigenvalue weighted by Crippen LogP contribution is -2.09. The predicted molar refractivity (Wildman–Crippen MR) is 55.9 cm³/mol. The molecule has 14 heavy (non-hydrogen) atoms. The third-order valence-corrected chi connectivity index (χ3v) is 2.29. The average molecular weight is 214 g/mol. The van der Waals surface area contributed by atoms with Crippen molar-refractivity contribution in [3.8, 4) is 5.75 Å². The maximum atomic E-state index is 11.5. The molecular weight excluding hydrogens is 202 g/mol. The van der Waals surface area contributed by atoms with Crippen molar-refractivity contribution in [2.24, 2.45) is 5.73 Å². The quantitative estimate of drug-likeness (QED) is 0.754. The third-order valence-electron chi connectivity index (χ3n) is 1.98. The number of carbonyl (C=O) groups excluding carboxylic acids is 1. The lowest BCUT2D eigenvalue weighted by Gasteiger charge is -2.07. The smallest absolute Gasteiger partial charge is 0.169 e. The van der Waals surface area contributed by atoms with Gasteiger partial charge in [-0.15, -0.1) is 0 Å². The fourth-order valence-corrected chi connectivity index (χ4v) is 1.45. The van der Waals surface area contributed by atoms with Crippen LogP contribution in [0, 0.1) is 6.92 Å². The molecule has 0 radical (unpaired) electrons. The summed E-state index contributed by atoms with van der Waals surface area (Å²) in [7, 11) is 0. The highest BCUT2D eigenvalue weighted by molar-refractivity contribution is 6.34. The van der Waals surface area contributed by atoms with E-state index in [1.807, 2.05) is 0 Å². The van der Waals surface area contributed by atoms with Crippen molar-refractivity contribution >= 4 is 17.4 Å². The summed E-state index contributed by atoms with van der Waals surface area (Å²) in [5.41, 5.74) is 6.07. The molecular formula is C10H12ClNO2. The van der Waals surface area contributed by atoms with E-state index in [1.54, 1.807) is 19.1 Å². The molecule has 0 aliphatic carbocycles. The van der Waals surface area contributed by atoms with Crippen LogP contribution in [-0.4, -0.2) is 17.4 Å². The van der Waals surface area contributed by atoms with Gasteiger partial charge in [0.2, 0.25) is 0 Å². The van der Waals surface area contributed by atoms with Gasteiger partial charge in [-0.25, -0.2) is 0 Å². The number of halogens is 1. The molecule has 0 aromatic heterocycles. The lowest BCUT2D eigenvalue weighted by molar-refractivity contribution is 0.0983. The topological polar surface area (TPSA) is 63.3 Å². The second-order valence-electron chi connectivity index (χ2n) is 3.05. The molecule has 0 fully saturated rings. The first-order chi connectivity index (χ1) is 6.57. The number of hydrogen-bond donors (Lipinski definition) is 2. The third kappa shape index (κ3) is 2.05. The first-order valence-corrected chi connectivity index (χ1v) is 4.67. The number of Topliss-reactive ketones (excluding diaryl/α,β-unsaturated/α-hetero) is 1. The van der Waals surface area contributed by atoms with Gasteiger partial charge in [0.25, 0.3) is 0 Å². The van der Waals surface area contributed by atoms with Crippen LogP contribution < -0.4 is 5.73 Å². The molecule has 0 amide bonds. The summed E-state index contributed by atoms with van der Waals surface area (Å²) in [4.78, 5) is 11.5. The average Bonchev–Trinajstić information content (AvgIpc) is 2.13. The molecule has 4 heteroatoms. The van der Waals surface area contributed by atoms with Crippen LogP contribution in [0.15, 0.2) is 12.1 Å². The van der Waals surface area contributed by atoms with Gasteiger partial charge in [0.1, 0.15) is 5.75 Å². The maximum absolute atomic E-state index is 11.5. The fraction of sp³-hybridized carbons (Fsp3) is 0.300. The number of ketones is 1. The Hall–Kier alpha value is -1.06. The van der Waals surface area contributed by atoms with Crippen LogP contribution in [0.5, 0.6) is 5.75 Å². The van der Waals surface area contributed by atoms with Crippen LogP contribution in [-0.2, 0) is 0 Å². The predicted octanol–water partition coefficient (Wildman–Crippen LogP) is 1.89. The Kier molecular flexibility index (Phi) is 3.49. The van der Waals surface area contributed by atoms with Crippen molar-refractivity contribution in [3.63, 3.8) is 0 Å². The van der Waals surface area contributed by atoms with Gasteiger partial charge in [-0.3, -0.25) is 4.79 Å². The van der Waals surface area contributed by atoms with Crippen molar-refractivity contribution in [2.75, 3.05) is 6.54 Å². The van der Waals surface area contributed by atoms with Crippen LogP contribution in [0.4, 0.5) is 0 Å². The molecule has 0 bridgehead atoms. The fourth-order valence-electron chi connectivity index (χ4n) is 1.19. The summed E-state index contributed by atoms with van der Waals surface area (Å²) in [5, 5.41) is 9.90. The number of phenolic OH excluding ortho intramolecular Hbond substituents is 1. The zero-order chi connectivity index (χ0) is 10.7. The highest BCUT2D eigenvalue weighted by Crippen LogP contribution is 2.29. The van der Waals surface area contributed by atoms with E-state index in [2.05, 4.69) is 0 Å². The van der Waals surface area contributed by atoms with Crippen LogP contribution in [0.2, 0.25) is 5.02 Å². The Bertz CT molecular complexity index is 363. The van der Waals surface area contributed by atoms with Crippen LogP contribution in [0.25, 0.3) is 0 Å². The maximum Gasteiger partial charge on any atom is 0.169 e. The Morgan fingerprint density at radius 2 is 2.21 bits per heavy atom. The van der Waals surface area contributed by atoms with Crippen molar-refractivity contribution in [3.05, 3.63) is 28.3 Å². The number of phenols is 1. The van der Waals surface area contributed by atoms with Gasteiger partial charge in [-0.2, -0.15) is 0 Å². The van der Waals surface area contributed by atoms with Gasteiger partial charge in [-0.05, 0) is 25.1 Å². The Morgan fingerprint density at radius 3 is 2.79 bits per heavy atom. The molecule has 1 aromatic rings. The number of benzene rings is 1. The summed E-state index contributed by atoms with van der Waals surface area (Å²) in [6, 6.07) is 3.26. The molecule has 1 aromatic carbocycles. The molecule has 0 aliphatic heterocycles. The zero-order valence-electron chi connectivity index (χ0n) is 7.88. The van der Waals surface area contributed by atoms with Crippen molar-refractivity contribution < 1.29 is 9.90 Å². The largest absolute Gasteiger partial charge is 0.507 e. The summed E-state index contributed by atoms with van der Waals surface area (Å²) in [5.74, 6) is -0.269. The highest BCUT2D eigenvalue weighted by atomic mass is 35.5. The zero-order valence-corrected chi connectivity index (χ0v) is 8.64. The molecule has 0 spiro atoms. The second kappa shape index (κ2) is 4.44. The minimum Gasteiger partial charge on any atom is -0.507 e. The number of hydrogen-bond acceptors (Lipinski definition) is 3. The van der Waals surface area contributed by atoms with E-state index in [1.165, 1.54) is 0 Å². The van der Waals surface area contributed by atoms with E-state index in [0.717, 1.165) is 0 Å². The van der Waals surface area contributed by atoms with Gasteiger partial charge >= 0.3 is 0 Å². The van der Waals surface area contributed by atoms with Gasteiger partial charge in [0.15, 0.2) is 5.78 Å². The van der Waals surface area contributed by atoms with E-state index < -0.39 is 0 Å². The Labute approximate surface area is 87.5 Å². The van der Waals surface area contributed by atoms with E-state index in [0.29, 0.717) is 5.56 Å². The minimum absolute atomic E-state index is 0.0454. The molecule has 0 unspecified atom stereocenters. The number of rotatable bonds is 3. The van der Waals surface area contributed by atoms with Crippen LogP contribution in [0.1, 0.15) is 22.3 Å². The van der Waals surface area contributed by atoms with E-state index in [-0.39, 0.29) is 35.1 Å². The van der Waals surface area contributed by atoms with Crippen molar-refractivity contribution in [1.82, 2.24) is 0 Å². The molecule has 3 nitrogen and oxygen atoms in total. The number of aryl methyl sites for hydroxylation is 1. The summed E-state index contributed by atoms with van der Waals surface area (Å²) in [6.07, 6.45) is 0.191. The highest BCUT2D eigenvalue weighted by Gasteiger charge is 2.15. The molecule has 3 N–H and O–H groups in total. The van der Waals surface area contributed by atoms with Gasteiger partial charge in [-0.1, -0.05) is 17.7 Å². The minimum atomic E-state index is -0.223. The summed E-state index contributed by atoms with van der Waals surface area (Å²) < 4.78 is 0. The first kappa shape index (κ1) is 11.0. The van der Waals surface area contributed by atoms with Gasteiger partial charge in [0.05, 0.1) is 10.6 Å². The Morgan fingerprint density at radius 1 is 1.57 bits per heavy atom. The van der Waals surface area contributed by atoms with E-state index in [9.17, 15) is 9.90 Å². The van der Waals surface area contributed by atoms with Crippen LogP contribution >= 0.6 is 11.6 Å².